The molecule has 2 atom stereocenters. The fourth-order valence-corrected chi connectivity index (χ4v) is 4.19. The van der Waals surface area contributed by atoms with Crippen LogP contribution in [0, 0.1) is 0 Å². The molecule has 6 heteroatoms. The van der Waals surface area contributed by atoms with Crippen molar-refractivity contribution in [1.82, 2.24) is 10.3 Å². The van der Waals surface area contributed by atoms with E-state index in [1.54, 1.807) is 6.20 Å². The van der Waals surface area contributed by atoms with Gasteiger partial charge >= 0.3 is 0 Å². The summed E-state index contributed by atoms with van der Waals surface area (Å²) in [5.41, 5.74) is 0.328. The number of aliphatic hydroxyl groups is 1. The Bertz CT molecular complexity index is 527. The molecule has 4 nitrogen and oxygen atoms in total. The lowest BCUT2D eigenvalue weighted by molar-refractivity contribution is 0.0440. The largest absolute Gasteiger partial charge is 0.389 e. The van der Waals surface area contributed by atoms with E-state index in [0.717, 1.165) is 46.7 Å². The summed E-state index contributed by atoms with van der Waals surface area (Å²) in [5.74, 6) is 0.863. The van der Waals surface area contributed by atoms with Crippen molar-refractivity contribution in [3.8, 4) is 0 Å². The molecule has 1 aromatic rings. The lowest BCUT2D eigenvalue weighted by Crippen LogP contribution is -2.39. The van der Waals surface area contributed by atoms with E-state index in [9.17, 15) is 5.11 Å². The number of hydrogen-bond acceptors (Lipinski definition) is 4. The molecule has 1 aliphatic carbocycles. The van der Waals surface area contributed by atoms with Gasteiger partial charge in [-0.15, -0.1) is 0 Å². The Kier molecular flexibility index (Phi) is 3.29. The van der Waals surface area contributed by atoms with Crippen LogP contribution in [-0.2, 0) is 5.41 Å². The van der Waals surface area contributed by atoms with Crippen LogP contribution in [0.5, 0.6) is 0 Å². The second kappa shape index (κ2) is 4.58. The first-order valence-corrected chi connectivity index (χ1v) is 7.62. The molecule has 0 aromatic carbocycles. The molecule has 1 spiro atoms. The zero-order valence-electron chi connectivity index (χ0n) is 10.8. The summed E-state index contributed by atoms with van der Waals surface area (Å²) in [7, 11) is 1.87. The molecule has 2 heterocycles. The molecule has 1 saturated carbocycles. The quantitative estimate of drug-likeness (QED) is 0.769. The van der Waals surface area contributed by atoms with E-state index in [4.69, 9.17) is 11.6 Å². The Morgan fingerprint density at radius 2 is 2.37 bits per heavy atom. The van der Waals surface area contributed by atoms with Crippen LogP contribution in [-0.4, -0.2) is 35.8 Å². The highest BCUT2D eigenvalue weighted by molar-refractivity contribution is 9.10. The number of pyridine rings is 1. The molecular formula is C13H17BrClN3O. The van der Waals surface area contributed by atoms with Crippen molar-refractivity contribution >= 4 is 33.3 Å². The van der Waals surface area contributed by atoms with Crippen molar-refractivity contribution in [2.75, 3.05) is 25.5 Å². The number of nitrogens with one attached hydrogen (secondary N) is 2. The van der Waals surface area contributed by atoms with E-state index >= 15 is 0 Å². The van der Waals surface area contributed by atoms with E-state index in [1.165, 1.54) is 0 Å². The Balaban J connectivity index is 2.01. The Hall–Kier alpha value is -0.360. The van der Waals surface area contributed by atoms with Crippen LogP contribution >= 0.6 is 27.5 Å². The fraction of sp³-hybridized carbons (Fsp3) is 0.615. The zero-order valence-corrected chi connectivity index (χ0v) is 13.1. The molecule has 3 rings (SSSR count). The molecule has 1 aliphatic heterocycles. The number of hydrogen-bond donors (Lipinski definition) is 3. The maximum atomic E-state index is 10.6. The van der Waals surface area contributed by atoms with Gasteiger partial charge in [-0.3, -0.25) is 0 Å². The molecule has 1 aromatic heterocycles. The smallest absolute Gasteiger partial charge is 0.131 e. The summed E-state index contributed by atoms with van der Waals surface area (Å²) in [6.07, 6.45) is 4.17. The molecule has 19 heavy (non-hydrogen) atoms. The highest BCUT2D eigenvalue weighted by Crippen LogP contribution is 2.53. The van der Waals surface area contributed by atoms with Gasteiger partial charge in [-0.05, 0) is 42.2 Å². The molecule has 104 valence electrons. The van der Waals surface area contributed by atoms with Gasteiger partial charge in [0, 0.05) is 30.3 Å². The maximum absolute atomic E-state index is 10.6. The molecule has 0 bridgehead atoms. The van der Waals surface area contributed by atoms with Crippen molar-refractivity contribution in [3.63, 3.8) is 0 Å². The first-order chi connectivity index (χ1) is 9.00. The molecule has 0 saturated heterocycles. The fourth-order valence-electron chi connectivity index (χ4n) is 3.55. The van der Waals surface area contributed by atoms with Gasteiger partial charge in [-0.2, -0.15) is 0 Å². The third-order valence-electron chi connectivity index (χ3n) is 4.34. The van der Waals surface area contributed by atoms with Crippen LogP contribution in [0.15, 0.2) is 10.7 Å². The number of likely N-dealkylation sites (N-methyl/N-ethyl adjacent to an activating group) is 1. The first kappa shape index (κ1) is 13.6. The van der Waals surface area contributed by atoms with Crippen LogP contribution in [0.1, 0.15) is 24.8 Å². The van der Waals surface area contributed by atoms with Crippen molar-refractivity contribution in [3.05, 3.63) is 21.3 Å². The normalized spacial score (nSPS) is 32.6. The second-order valence-corrected chi connectivity index (χ2v) is 6.94. The maximum Gasteiger partial charge on any atom is 0.131 e. The van der Waals surface area contributed by atoms with E-state index in [1.807, 2.05) is 7.05 Å². The van der Waals surface area contributed by atoms with Gasteiger partial charge in [0.15, 0.2) is 0 Å². The molecular weight excluding hydrogens is 330 g/mol. The van der Waals surface area contributed by atoms with Crippen LogP contribution in [0.2, 0.25) is 5.02 Å². The van der Waals surface area contributed by atoms with Crippen molar-refractivity contribution in [1.29, 1.82) is 0 Å². The zero-order chi connectivity index (χ0) is 13.7. The lowest BCUT2D eigenvalue weighted by atomic mass is 9.80. The second-order valence-electron chi connectivity index (χ2n) is 5.71. The first-order valence-electron chi connectivity index (χ1n) is 6.45. The van der Waals surface area contributed by atoms with Gasteiger partial charge < -0.3 is 15.7 Å². The number of anilines is 1. The molecule has 0 radical (unpaired) electrons. The number of rotatable bonds is 2. The highest BCUT2D eigenvalue weighted by Gasteiger charge is 2.52. The van der Waals surface area contributed by atoms with Crippen molar-refractivity contribution < 1.29 is 5.11 Å². The molecule has 0 unspecified atom stereocenters. The predicted octanol–water partition coefficient (Wildman–Crippen LogP) is 2.30. The molecule has 3 N–H and O–H groups in total. The van der Waals surface area contributed by atoms with Crippen molar-refractivity contribution in [2.24, 2.45) is 0 Å². The van der Waals surface area contributed by atoms with E-state index in [0.29, 0.717) is 6.54 Å². The average Bonchev–Trinajstić information content (AvgIpc) is 2.88. The monoisotopic (exact) mass is 345 g/mol. The van der Waals surface area contributed by atoms with E-state index < -0.39 is 5.60 Å². The highest BCUT2D eigenvalue weighted by atomic mass is 79.9. The number of aromatic nitrogens is 1. The summed E-state index contributed by atoms with van der Waals surface area (Å²) in [6.45, 7) is 1.42. The summed E-state index contributed by atoms with van der Waals surface area (Å²) in [4.78, 5) is 4.39. The lowest BCUT2D eigenvalue weighted by Gasteiger charge is -2.28. The van der Waals surface area contributed by atoms with Crippen LogP contribution in [0.25, 0.3) is 0 Å². The van der Waals surface area contributed by atoms with Crippen LogP contribution < -0.4 is 10.6 Å². The van der Waals surface area contributed by atoms with Gasteiger partial charge in [-0.25, -0.2) is 4.98 Å². The predicted molar refractivity (Wildman–Crippen MR) is 79.8 cm³/mol. The number of nitrogens with zero attached hydrogens (tertiary/aromatic N) is 1. The van der Waals surface area contributed by atoms with Gasteiger partial charge in [0.2, 0.25) is 0 Å². The summed E-state index contributed by atoms with van der Waals surface area (Å²) in [5, 5.41) is 17.8. The van der Waals surface area contributed by atoms with Crippen molar-refractivity contribution in [2.45, 2.75) is 30.3 Å². The third kappa shape index (κ3) is 2.07. The SMILES string of the molecule is CNC[C@]1(O)CC[C@@]2(CNc3ncc(Br)c(Cl)c32)C1. The van der Waals surface area contributed by atoms with E-state index in [-0.39, 0.29) is 5.41 Å². The molecule has 2 aliphatic rings. The van der Waals surface area contributed by atoms with Gasteiger partial charge in [0.25, 0.3) is 0 Å². The Morgan fingerprint density at radius 1 is 1.58 bits per heavy atom. The minimum Gasteiger partial charge on any atom is -0.389 e. The third-order valence-corrected chi connectivity index (χ3v) is 5.56. The number of fused-ring (bicyclic) bond motifs is 2. The molecule has 1 fully saturated rings. The average molecular weight is 347 g/mol. The van der Waals surface area contributed by atoms with Crippen LogP contribution in [0.3, 0.4) is 0 Å². The van der Waals surface area contributed by atoms with Gasteiger partial charge in [-0.1, -0.05) is 11.6 Å². The standard InChI is InChI=1S/C13H17BrClN3O/c1-16-7-13(19)3-2-12(5-13)6-18-11-9(12)10(15)8(14)4-17-11/h4,16,19H,2-3,5-7H2,1H3,(H,17,18)/t12-,13-/m0/s1. The molecule has 0 amide bonds. The van der Waals surface area contributed by atoms with E-state index in [2.05, 4.69) is 31.5 Å². The van der Waals surface area contributed by atoms with Gasteiger partial charge in [0.05, 0.1) is 15.1 Å². The summed E-state index contributed by atoms with van der Waals surface area (Å²) in [6, 6.07) is 0. The Labute approximate surface area is 126 Å². The number of halogens is 2. The summed E-state index contributed by atoms with van der Waals surface area (Å²) >= 11 is 9.90. The van der Waals surface area contributed by atoms with Crippen LogP contribution in [0.4, 0.5) is 5.82 Å². The van der Waals surface area contributed by atoms with Gasteiger partial charge in [0.1, 0.15) is 5.82 Å². The Morgan fingerprint density at radius 3 is 3.11 bits per heavy atom. The topological polar surface area (TPSA) is 57.2 Å². The summed E-state index contributed by atoms with van der Waals surface area (Å²) < 4.78 is 0.819. The minimum atomic E-state index is -0.649. The minimum absolute atomic E-state index is 0.0885.